The lowest BCUT2D eigenvalue weighted by molar-refractivity contribution is 0.218. The van der Waals surface area contributed by atoms with Crippen molar-refractivity contribution in [3.8, 4) is 0 Å². The summed E-state index contributed by atoms with van der Waals surface area (Å²) in [5.74, 6) is 1.75. The fourth-order valence-corrected chi connectivity index (χ4v) is 4.32. The second-order valence-corrected chi connectivity index (χ2v) is 6.22. The molecule has 0 fully saturated rings. The molecule has 2 atom stereocenters. The number of thioether (sulfide) groups is 1. The van der Waals surface area contributed by atoms with E-state index in [-0.39, 0.29) is 0 Å². The highest BCUT2D eigenvalue weighted by Gasteiger charge is 2.32. The van der Waals surface area contributed by atoms with Gasteiger partial charge in [0.1, 0.15) is 0 Å². The van der Waals surface area contributed by atoms with Gasteiger partial charge in [-0.2, -0.15) is 0 Å². The molecule has 2 unspecified atom stereocenters. The maximum absolute atomic E-state index is 5.55. The van der Waals surface area contributed by atoms with Crippen LogP contribution < -0.4 is 5.32 Å². The normalized spacial score (nSPS) is 23.4. The Morgan fingerprint density at radius 2 is 2.32 bits per heavy atom. The molecule has 1 N–H and O–H groups in total. The third-order valence-electron chi connectivity index (χ3n) is 3.93. The number of nitrogens with one attached hydrogen (secondary N) is 1. The molecule has 2 nitrogen and oxygen atoms in total. The van der Waals surface area contributed by atoms with Crippen LogP contribution in [0.4, 0.5) is 0 Å². The smallest absolute Gasteiger partial charge is 0.0876 e. The zero-order chi connectivity index (χ0) is 13.1. The molecular weight excluding hydrogens is 254 g/mol. The van der Waals surface area contributed by atoms with E-state index in [0.717, 1.165) is 19.6 Å². The Kier molecular flexibility index (Phi) is 4.14. The first-order chi connectivity index (χ1) is 9.40. The summed E-state index contributed by atoms with van der Waals surface area (Å²) in [6.45, 7) is 4.06. The molecule has 19 heavy (non-hydrogen) atoms. The second-order valence-electron chi connectivity index (χ2n) is 5.16. The molecule has 1 aromatic carbocycles. The molecule has 3 rings (SSSR count). The van der Waals surface area contributed by atoms with Crippen LogP contribution in [0, 0.1) is 0 Å². The Bertz CT molecular complexity index is 472. The first-order valence-corrected chi connectivity index (χ1v) is 8.14. The minimum atomic E-state index is 0.432. The quantitative estimate of drug-likeness (QED) is 0.908. The molecule has 0 amide bonds. The van der Waals surface area contributed by atoms with Gasteiger partial charge in [0.25, 0.3) is 0 Å². The summed E-state index contributed by atoms with van der Waals surface area (Å²) in [5, 5.41) is 3.67. The predicted molar refractivity (Wildman–Crippen MR) is 80.6 cm³/mol. The van der Waals surface area contributed by atoms with Crippen molar-refractivity contribution in [1.82, 2.24) is 5.32 Å². The van der Waals surface area contributed by atoms with Crippen molar-refractivity contribution >= 4 is 11.8 Å². The van der Waals surface area contributed by atoms with E-state index in [1.165, 1.54) is 28.2 Å². The van der Waals surface area contributed by atoms with Crippen molar-refractivity contribution in [1.29, 1.82) is 0 Å². The summed E-state index contributed by atoms with van der Waals surface area (Å²) in [6, 6.07) is 9.26. The Morgan fingerprint density at radius 3 is 3.11 bits per heavy atom. The lowest BCUT2D eigenvalue weighted by atomic mass is 9.86. The van der Waals surface area contributed by atoms with Gasteiger partial charge in [0, 0.05) is 22.6 Å². The van der Waals surface area contributed by atoms with Crippen molar-refractivity contribution in [2.45, 2.75) is 36.6 Å². The minimum absolute atomic E-state index is 0.432. The number of benzene rings is 1. The van der Waals surface area contributed by atoms with Crippen LogP contribution in [0.3, 0.4) is 0 Å². The molecule has 0 saturated heterocycles. The maximum Gasteiger partial charge on any atom is 0.0876 e. The molecule has 102 valence electrons. The van der Waals surface area contributed by atoms with E-state index in [1.807, 2.05) is 18.0 Å². The van der Waals surface area contributed by atoms with Crippen LogP contribution in [0.1, 0.15) is 31.2 Å². The summed E-state index contributed by atoms with van der Waals surface area (Å²) >= 11 is 1.99. The number of hydrogen-bond donors (Lipinski definition) is 1. The SMILES string of the molecule is CCNC(C1=COCCC1)C1CSc2ccccc21. The van der Waals surface area contributed by atoms with Crippen LogP contribution in [0.2, 0.25) is 0 Å². The van der Waals surface area contributed by atoms with Crippen LogP contribution >= 0.6 is 11.8 Å². The lowest BCUT2D eigenvalue weighted by Gasteiger charge is -2.29. The molecule has 2 heterocycles. The van der Waals surface area contributed by atoms with Gasteiger partial charge in [-0.3, -0.25) is 0 Å². The average molecular weight is 275 g/mol. The van der Waals surface area contributed by atoms with E-state index >= 15 is 0 Å². The molecule has 0 bridgehead atoms. The Labute approximate surface area is 119 Å². The van der Waals surface area contributed by atoms with Gasteiger partial charge in [0.05, 0.1) is 12.9 Å². The molecular formula is C16H21NOS. The van der Waals surface area contributed by atoms with Gasteiger partial charge in [-0.05, 0) is 36.6 Å². The van der Waals surface area contributed by atoms with Gasteiger partial charge in [0.15, 0.2) is 0 Å². The van der Waals surface area contributed by atoms with Gasteiger partial charge in [-0.25, -0.2) is 0 Å². The van der Waals surface area contributed by atoms with Crippen LogP contribution in [-0.2, 0) is 4.74 Å². The largest absolute Gasteiger partial charge is 0.501 e. The Balaban J connectivity index is 1.87. The van der Waals surface area contributed by atoms with Crippen molar-refractivity contribution in [3.05, 3.63) is 41.7 Å². The third-order valence-corrected chi connectivity index (χ3v) is 5.13. The fraction of sp³-hybridized carbons (Fsp3) is 0.500. The van der Waals surface area contributed by atoms with Gasteiger partial charge in [-0.15, -0.1) is 11.8 Å². The number of ether oxygens (including phenoxy) is 1. The molecule has 2 aliphatic heterocycles. The van der Waals surface area contributed by atoms with E-state index in [1.54, 1.807) is 0 Å². The molecule has 3 heteroatoms. The number of hydrogen-bond acceptors (Lipinski definition) is 3. The summed E-state index contributed by atoms with van der Waals surface area (Å²) < 4.78 is 5.55. The monoisotopic (exact) mass is 275 g/mol. The van der Waals surface area contributed by atoms with E-state index in [9.17, 15) is 0 Å². The van der Waals surface area contributed by atoms with E-state index in [0.29, 0.717) is 12.0 Å². The summed E-state index contributed by atoms with van der Waals surface area (Å²) in [4.78, 5) is 1.45. The Hall–Kier alpha value is -0.930. The minimum Gasteiger partial charge on any atom is -0.501 e. The van der Waals surface area contributed by atoms with Gasteiger partial charge < -0.3 is 10.1 Å². The summed E-state index contributed by atoms with van der Waals surface area (Å²) in [5.41, 5.74) is 2.94. The molecule has 1 aromatic rings. The molecule has 0 aromatic heterocycles. The van der Waals surface area contributed by atoms with E-state index < -0.39 is 0 Å². The predicted octanol–water partition coefficient (Wildman–Crippen LogP) is 3.55. The van der Waals surface area contributed by atoms with Gasteiger partial charge >= 0.3 is 0 Å². The van der Waals surface area contributed by atoms with Crippen molar-refractivity contribution in [2.75, 3.05) is 18.9 Å². The Morgan fingerprint density at radius 1 is 1.42 bits per heavy atom. The molecule has 0 saturated carbocycles. The molecule has 0 aliphatic carbocycles. The number of likely N-dealkylation sites (N-methyl/N-ethyl adjacent to an activating group) is 1. The van der Waals surface area contributed by atoms with Crippen LogP contribution in [0.5, 0.6) is 0 Å². The highest BCUT2D eigenvalue weighted by molar-refractivity contribution is 7.99. The van der Waals surface area contributed by atoms with Crippen LogP contribution in [-0.4, -0.2) is 24.9 Å². The van der Waals surface area contributed by atoms with Gasteiger partial charge in [0.2, 0.25) is 0 Å². The first kappa shape index (κ1) is 13.1. The van der Waals surface area contributed by atoms with Crippen molar-refractivity contribution in [2.24, 2.45) is 0 Å². The maximum atomic E-state index is 5.55. The molecule has 0 radical (unpaired) electrons. The lowest BCUT2D eigenvalue weighted by Crippen LogP contribution is -2.37. The highest BCUT2D eigenvalue weighted by atomic mass is 32.2. The average Bonchev–Trinajstić information content (AvgIpc) is 2.89. The number of fused-ring (bicyclic) bond motifs is 1. The van der Waals surface area contributed by atoms with Crippen molar-refractivity contribution in [3.63, 3.8) is 0 Å². The summed E-state index contributed by atoms with van der Waals surface area (Å²) in [6.07, 6.45) is 4.32. The zero-order valence-electron chi connectivity index (χ0n) is 11.4. The van der Waals surface area contributed by atoms with Gasteiger partial charge in [-0.1, -0.05) is 25.1 Å². The first-order valence-electron chi connectivity index (χ1n) is 7.16. The highest BCUT2D eigenvalue weighted by Crippen LogP contribution is 2.43. The van der Waals surface area contributed by atoms with Crippen LogP contribution in [0.15, 0.2) is 41.0 Å². The molecule has 0 spiro atoms. The zero-order valence-corrected chi connectivity index (χ0v) is 12.2. The topological polar surface area (TPSA) is 21.3 Å². The summed E-state index contributed by atoms with van der Waals surface area (Å²) in [7, 11) is 0. The van der Waals surface area contributed by atoms with Crippen LogP contribution in [0.25, 0.3) is 0 Å². The molecule has 2 aliphatic rings. The fourth-order valence-electron chi connectivity index (χ4n) is 3.03. The van der Waals surface area contributed by atoms with E-state index in [2.05, 4.69) is 36.5 Å². The number of rotatable bonds is 4. The standard InChI is InChI=1S/C16H21NOS/c1-2-17-16(12-6-5-9-18-10-12)14-11-19-15-8-4-3-7-13(14)15/h3-4,7-8,10,14,16-17H,2,5-6,9,11H2,1H3. The van der Waals surface area contributed by atoms with E-state index in [4.69, 9.17) is 4.74 Å². The third kappa shape index (κ3) is 2.67. The second kappa shape index (κ2) is 6.02. The van der Waals surface area contributed by atoms with Crippen molar-refractivity contribution < 1.29 is 4.74 Å².